The molecule has 1 aromatic carbocycles. The molecule has 5 atom stereocenters. The lowest BCUT2D eigenvalue weighted by atomic mass is 9.83. The molecule has 3 fully saturated rings. The zero-order valence-electron chi connectivity index (χ0n) is 50.4. The van der Waals surface area contributed by atoms with Crippen LogP contribution in [0.5, 0.6) is 5.75 Å². The number of pyridine rings is 2. The van der Waals surface area contributed by atoms with E-state index in [0.29, 0.717) is 82.9 Å². The first-order valence-corrected chi connectivity index (χ1v) is 30.8. The Hall–Kier alpha value is -8.25. The molecular formula is C68H74N8O10. The van der Waals surface area contributed by atoms with E-state index in [4.69, 9.17) is 33.9 Å². The van der Waals surface area contributed by atoms with E-state index in [1.165, 1.54) is 31.9 Å². The van der Waals surface area contributed by atoms with Gasteiger partial charge in [0.15, 0.2) is 5.78 Å². The number of Topliss-reactive ketones (excluding diaryl/α,β-unsaturated/α-hetero) is 1. The van der Waals surface area contributed by atoms with Gasteiger partial charge in [-0.2, -0.15) is 0 Å². The molecule has 4 aromatic heterocycles. The Labute approximate surface area is 498 Å². The zero-order valence-corrected chi connectivity index (χ0v) is 50.4. The summed E-state index contributed by atoms with van der Waals surface area (Å²) < 4.78 is 25.2. The van der Waals surface area contributed by atoms with Crippen molar-refractivity contribution in [2.45, 2.75) is 150 Å². The number of cyclic esters (lactones) is 1. The highest BCUT2D eigenvalue weighted by Gasteiger charge is 2.54. The average Bonchev–Trinajstić information content (AvgIpc) is 1.57. The Morgan fingerprint density at radius 2 is 1.69 bits per heavy atom. The SMILES string of the molecule is C=Cc1c(C)/c2[nH]/c1=C\c1[nH]c(c(CC)c1C)CC1N=C3C(=C1C)C(=O)C(C(=O)OC)/C3=C1N=C(\C=2)[C@H](C)C/1CCC(=O)OC1(CC)C(=O)OCc2c1cc1n(c2=O)Cc2c-1nc1ccc(OC(=O)N3CCC(N4CCCCC4)CC3)cc1c2CC. The molecule has 446 valence electrons. The van der Waals surface area contributed by atoms with Crippen LogP contribution in [0, 0.1) is 31.6 Å². The number of piperidine rings is 2. The number of rotatable bonds is 11. The Morgan fingerprint density at radius 1 is 0.919 bits per heavy atom. The number of fused-ring (bicyclic) bond motifs is 11. The molecular weight excluding hydrogens is 1090 g/mol. The van der Waals surface area contributed by atoms with Crippen LogP contribution in [0.15, 0.2) is 68.0 Å². The number of benzene rings is 1. The van der Waals surface area contributed by atoms with Gasteiger partial charge in [0.05, 0.1) is 53.6 Å². The van der Waals surface area contributed by atoms with Crippen LogP contribution in [-0.4, -0.2) is 116 Å². The van der Waals surface area contributed by atoms with Crippen molar-refractivity contribution in [1.29, 1.82) is 0 Å². The number of aliphatic imine (C=N–C) groups is 2. The molecule has 7 aliphatic heterocycles. The minimum absolute atomic E-state index is 0.0377. The number of aryl methyl sites for hydroxylation is 1. The van der Waals surface area contributed by atoms with Crippen LogP contribution in [0.25, 0.3) is 40.5 Å². The number of carbonyl (C=O) groups excluding carboxylic acids is 5. The van der Waals surface area contributed by atoms with Crippen molar-refractivity contribution >= 4 is 70.3 Å². The van der Waals surface area contributed by atoms with Crippen LogP contribution >= 0.6 is 0 Å². The Balaban J connectivity index is 0.817. The van der Waals surface area contributed by atoms with Gasteiger partial charge in [-0.3, -0.25) is 29.2 Å². The van der Waals surface area contributed by atoms with Crippen molar-refractivity contribution in [2.24, 2.45) is 27.7 Å². The number of ether oxygens (including phenoxy) is 4. The van der Waals surface area contributed by atoms with E-state index in [0.717, 1.165) is 93.2 Å². The van der Waals surface area contributed by atoms with E-state index in [1.54, 1.807) is 28.5 Å². The molecule has 11 heterocycles. The van der Waals surface area contributed by atoms with Crippen LogP contribution in [0.2, 0.25) is 0 Å². The summed E-state index contributed by atoms with van der Waals surface area (Å²) in [6.07, 6.45) is 12.9. The number of hydrogen-bond acceptors (Lipinski definition) is 14. The molecule has 86 heavy (non-hydrogen) atoms. The number of nitrogens with one attached hydrogen (secondary N) is 2. The van der Waals surface area contributed by atoms with Gasteiger partial charge in [-0.25, -0.2) is 14.6 Å². The van der Waals surface area contributed by atoms with Crippen LogP contribution in [-0.2, 0) is 71.4 Å². The summed E-state index contributed by atoms with van der Waals surface area (Å²) in [7, 11) is 1.26. The third-order valence-corrected chi connectivity index (χ3v) is 20.1. The number of hydrogen-bond donors (Lipinski definition) is 2. The highest BCUT2D eigenvalue weighted by atomic mass is 16.6. The molecule has 1 amide bonds. The molecule has 8 aliphatic rings. The largest absolute Gasteiger partial charge is 0.468 e. The maximum atomic E-state index is 14.8. The molecule has 1 aliphatic carbocycles. The van der Waals surface area contributed by atoms with Crippen LogP contribution < -0.4 is 21.0 Å². The minimum atomic E-state index is -1.98. The summed E-state index contributed by atoms with van der Waals surface area (Å²) in [4.78, 5) is 114. The first kappa shape index (κ1) is 56.9. The normalized spacial score (nSPS) is 25.0. The summed E-state index contributed by atoms with van der Waals surface area (Å²) in [6, 6.07) is 7.29. The number of nitrogens with zero attached hydrogens (tertiary/aromatic N) is 6. The summed E-state index contributed by atoms with van der Waals surface area (Å²) in [6.45, 7) is 21.6. The van der Waals surface area contributed by atoms with Crippen molar-refractivity contribution in [3.63, 3.8) is 0 Å². The number of carbonyl (C=O) groups is 5. The molecule has 18 nitrogen and oxygen atoms in total. The van der Waals surface area contributed by atoms with E-state index in [2.05, 4.69) is 41.4 Å². The van der Waals surface area contributed by atoms with Gasteiger partial charge in [0.25, 0.3) is 5.56 Å². The number of H-pyrrole nitrogens is 2. The number of ketones is 1. The van der Waals surface area contributed by atoms with E-state index in [9.17, 15) is 28.8 Å². The van der Waals surface area contributed by atoms with E-state index in [1.807, 2.05) is 52.0 Å². The summed E-state index contributed by atoms with van der Waals surface area (Å²) in [5.41, 5.74) is 10.8. The van der Waals surface area contributed by atoms with Crippen molar-refractivity contribution in [2.75, 3.05) is 33.3 Å². The molecule has 8 bridgehead atoms. The second-order valence-corrected chi connectivity index (χ2v) is 24.5. The fourth-order valence-electron chi connectivity index (χ4n) is 15.3. The van der Waals surface area contributed by atoms with Gasteiger partial charge in [0.2, 0.25) is 5.60 Å². The molecule has 5 aromatic rings. The van der Waals surface area contributed by atoms with Crippen molar-refractivity contribution < 1.29 is 42.9 Å². The fourth-order valence-corrected chi connectivity index (χ4v) is 15.3. The maximum absolute atomic E-state index is 14.8. The highest BCUT2D eigenvalue weighted by molar-refractivity contribution is 6.42. The van der Waals surface area contributed by atoms with Crippen LogP contribution in [0.1, 0.15) is 142 Å². The van der Waals surface area contributed by atoms with Gasteiger partial charge in [-0.15, -0.1) is 0 Å². The molecule has 0 radical (unpaired) electrons. The lowest BCUT2D eigenvalue weighted by molar-refractivity contribution is -0.189. The molecule has 2 N–H and O–H groups in total. The van der Waals surface area contributed by atoms with E-state index >= 15 is 0 Å². The number of aromatic amines is 2. The van der Waals surface area contributed by atoms with Crippen molar-refractivity contribution in [3.05, 3.63) is 130 Å². The van der Waals surface area contributed by atoms with Gasteiger partial charge in [-0.1, -0.05) is 46.8 Å². The lowest BCUT2D eigenvalue weighted by Crippen LogP contribution is -2.48. The van der Waals surface area contributed by atoms with Crippen LogP contribution in [0.3, 0.4) is 0 Å². The zero-order chi connectivity index (χ0) is 60.2. The first-order chi connectivity index (χ1) is 41.5. The fraction of sp³-hybridized carbons (Fsp3) is 0.456. The predicted octanol–water partition coefficient (Wildman–Crippen LogP) is 8.24. The van der Waals surface area contributed by atoms with Gasteiger partial charge >= 0.3 is 24.0 Å². The summed E-state index contributed by atoms with van der Waals surface area (Å²) in [5.74, 6) is -4.45. The quantitative estimate of drug-likeness (QED) is 0.0712. The number of methoxy groups -OCH3 is 1. The second-order valence-electron chi connectivity index (χ2n) is 24.5. The highest BCUT2D eigenvalue weighted by Crippen LogP contribution is 2.48. The third-order valence-electron chi connectivity index (χ3n) is 20.1. The number of likely N-dealkylation sites (tertiary alicyclic amines) is 2. The first-order valence-electron chi connectivity index (χ1n) is 30.8. The number of amides is 1. The van der Waals surface area contributed by atoms with Crippen LogP contribution in [0.4, 0.5) is 4.79 Å². The topological polar surface area (TPSA) is 220 Å². The Kier molecular flexibility index (Phi) is 14.5. The molecule has 18 heteroatoms. The maximum Gasteiger partial charge on any atom is 0.415 e. The molecule has 1 saturated carbocycles. The third kappa shape index (κ3) is 9.01. The lowest BCUT2D eigenvalue weighted by Gasteiger charge is -2.39. The monoisotopic (exact) mass is 1160 g/mol. The number of allylic oxidation sites excluding steroid dienone is 2. The van der Waals surface area contributed by atoms with E-state index in [-0.39, 0.29) is 61.1 Å². The van der Waals surface area contributed by atoms with Crippen molar-refractivity contribution in [3.8, 4) is 17.1 Å². The molecule has 4 unspecified atom stereocenters. The summed E-state index contributed by atoms with van der Waals surface area (Å²) in [5, 5.41) is 2.48. The number of esters is 3. The molecule has 13 rings (SSSR count). The van der Waals surface area contributed by atoms with Gasteiger partial charge < -0.3 is 43.3 Å². The van der Waals surface area contributed by atoms with Gasteiger partial charge in [0.1, 0.15) is 18.3 Å². The number of aromatic nitrogens is 4. The molecule has 2 saturated heterocycles. The molecule has 0 spiro atoms. The standard InChI is InChI=1S/C68H74N8O10/c1-10-40-34(5)49-29-51-36(7)43(61(72-51)58-59(65(80)83-9)63(78)57-37(8)52(73-62(57)58)31-54-41(11-2)35(6)50(70-54)30-53(40)69-49)18-20-56(77)86-68(13-4)47-28-55-60-45(32-76(55)64(79)46(47)33-84-66(68)81)42(12-3)44-27-39(17-19-48(44)71-60)85-67(82)75-25-21-38(22-26-75)74-23-15-14-16-24-74/h10,17,19,27-30,36,38,43,52,59,69-70H,1,11-16,18,20-26,31-33H2,2-9H3/b49-29-,53-30-,61-58-/t36-,43?,52?,59?,68?/m1/s1. The minimum Gasteiger partial charge on any atom is -0.468 e. The smallest absolute Gasteiger partial charge is 0.415 e. The van der Waals surface area contributed by atoms with E-state index < -0.39 is 47.2 Å². The van der Waals surface area contributed by atoms with Crippen molar-refractivity contribution in [1.82, 2.24) is 29.3 Å². The predicted molar refractivity (Wildman–Crippen MR) is 326 cm³/mol. The Morgan fingerprint density at radius 3 is 2.41 bits per heavy atom. The summed E-state index contributed by atoms with van der Waals surface area (Å²) >= 11 is 0. The average molecular weight is 1160 g/mol. The Bertz CT molecular complexity index is 4140. The van der Waals surface area contributed by atoms with Gasteiger partial charge in [-0.05, 0) is 149 Å². The van der Waals surface area contributed by atoms with Gasteiger partial charge in [0, 0.05) is 105 Å². The second kappa shape index (κ2) is 21.9.